The predicted molar refractivity (Wildman–Crippen MR) is 87.4 cm³/mol. The van der Waals surface area contributed by atoms with Crippen molar-refractivity contribution in [1.29, 1.82) is 0 Å². The molecular formula is C14H18FN3O2S2. The molecule has 1 saturated heterocycles. The summed E-state index contributed by atoms with van der Waals surface area (Å²) in [6, 6.07) is 4.52. The minimum Gasteiger partial charge on any atom is -0.346 e. The molecule has 0 aliphatic carbocycles. The summed E-state index contributed by atoms with van der Waals surface area (Å²) in [5, 5.41) is 0.826. The number of fused-ring (bicyclic) bond motifs is 1. The number of benzene rings is 1. The fraction of sp³-hybridized carbons (Fsp3) is 0.500. The van der Waals surface area contributed by atoms with E-state index in [0.29, 0.717) is 6.54 Å². The Morgan fingerprint density at radius 1 is 1.45 bits per heavy atom. The van der Waals surface area contributed by atoms with Crippen molar-refractivity contribution in [2.75, 3.05) is 31.3 Å². The Balaban J connectivity index is 1.84. The van der Waals surface area contributed by atoms with Gasteiger partial charge in [0, 0.05) is 26.2 Å². The normalized spacial score (nSPS) is 20.0. The number of hydrogen-bond donors (Lipinski definition) is 0. The number of anilines is 1. The molecule has 1 aliphatic heterocycles. The lowest BCUT2D eigenvalue weighted by Gasteiger charge is -2.36. The third-order valence-corrected chi connectivity index (χ3v) is 6.47. The number of piperidine rings is 1. The molecule has 1 aliphatic rings. The lowest BCUT2D eigenvalue weighted by molar-refractivity contribution is 0.322. The molecule has 3 rings (SSSR count). The van der Waals surface area contributed by atoms with Crippen LogP contribution < -0.4 is 4.90 Å². The standard InChI is InChI=1S/C14H18FN3O2S2/c1-17(22(2,19)20)11-4-3-7-18(9-11)14-16-12-6-5-10(15)8-13(12)21-14/h5-6,8,11H,3-4,7,9H2,1-2H3. The van der Waals surface area contributed by atoms with Crippen LogP contribution in [0.4, 0.5) is 9.52 Å². The Morgan fingerprint density at radius 2 is 2.23 bits per heavy atom. The Morgan fingerprint density at radius 3 is 2.95 bits per heavy atom. The first-order chi connectivity index (χ1) is 10.3. The molecule has 0 bridgehead atoms. The average Bonchev–Trinajstić information content (AvgIpc) is 2.88. The summed E-state index contributed by atoms with van der Waals surface area (Å²) in [6.45, 7) is 1.46. The van der Waals surface area contributed by atoms with Gasteiger partial charge in [-0.25, -0.2) is 22.1 Å². The molecule has 1 atom stereocenters. The van der Waals surface area contributed by atoms with Gasteiger partial charge in [-0.2, -0.15) is 0 Å². The van der Waals surface area contributed by atoms with Crippen molar-refractivity contribution in [2.24, 2.45) is 0 Å². The summed E-state index contributed by atoms with van der Waals surface area (Å²) in [7, 11) is -1.58. The fourth-order valence-electron chi connectivity index (χ4n) is 2.72. The molecular weight excluding hydrogens is 325 g/mol. The quantitative estimate of drug-likeness (QED) is 0.858. The zero-order chi connectivity index (χ0) is 15.9. The molecule has 1 aromatic carbocycles. The molecule has 0 radical (unpaired) electrons. The SMILES string of the molecule is CN(C1CCCN(c2nc3ccc(F)cc3s2)C1)S(C)(=O)=O. The van der Waals surface area contributed by atoms with Gasteiger partial charge >= 0.3 is 0 Å². The van der Waals surface area contributed by atoms with Gasteiger partial charge in [0.05, 0.1) is 16.5 Å². The molecule has 22 heavy (non-hydrogen) atoms. The van der Waals surface area contributed by atoms with E-state index in [1.54, 1.807) is 13.1 Å². The molecule has 0 spiro atoms. The maximum Gasteiger partial charge on any atom is 0.211 e. The minimum absolute atomic E-state index is 0.0486. The van der Waals surface area contributed by atoms with Crippen LogP contribution in [-0.2, 0) is 10.0 Å². The molecule has 0 N–H and O–H groups in total. The number of thiazole rings is 1. The first kappa shape index (κ1) is 15.6. The van der Waals surface area contributed by atoms with Crippen molar-refractivity contribution >= 4 is 36.7 Å². The van der Waals surface area contributed by atoms with E-state index in [0.717, 1.165) is 34.7 Å². The number of likely N-dealkylation sites (N-methyl/N-ethyl adjacent to an activating group) is 1. The molecule has 0 amide bonds. The summed E-state index contributed by atoms with van der Waals surface area (Å²) >= 11 is 1.45. The van der Waals surface area contributed by atoms with Crippen LogP contribution in [0.15, 0.2) is 18.2 Å². The predicted octanol–water partition coefficient (Wildman–Crippen LogP) is 2.30. The van der Waals surface area contributed by atoms with Crippen LogP contribution in [0, 0.1) is 5.82 Å². The minimum atomic E-state index is -3.20. The van der Waals surface area contributed by atoms with Crippen molar-refractivity contribution < 1.29 is 12.8 Å². The largest absolute Gasteiger partial charge is 0.346 e. The zero-order valence-electron chi connectivity index (χ0n) is 12.5. The number of rotatable bonds is 3. The van der Waals surface area contributed by atoms with Gasteiger partial charge in [0.1, 0.15) is 5.82 Å². The molecule has 2 heterocycles. The fourth-order valence-corrected chi connectivity index (χ4v) is 4.46. The van der Waals surface area contributed by atoms with Gasteiger partial charge in [0.15, 0.2) is 5.13 Å². The van der Waals surface area contributed by atoms with Gasteiger partial charge in [-0.15, -0.1) is 0 Å². The van der Waals surface area contributed by atoms with Crippen LogP contribution in [0.2, 0.25) is 0 Å². The highest BCUT2D eigenvalue weighted by Crippen LogP contribution is 2.31. The van der Waals surface area contributed by atoms with E-state index in [4.69, 9.17) is 0 Å². The van der Waals surface area contributed by atoms with E-state index in [1.807, 2.05) is 0 Å². The van der Waals surface area contributed by atoms with Gasteiger partial charge in [0.2, 0.25) is 10.0 Å². The first-order valence-electron chi connectivity index (χ1n) is 7.08. The topological polar surface area (TPSA) is 53.5 Å². The summed E-state index contributed by atoms with van der Waals surface area (Å²) in [5.41, 5.74) is 0.778. The number of halogens is 1. The average molecular weight is 343 g/mol. The van der Waals surface area contributed by atoms with Crippen molar-refractivity contribution in [1.82, 2.24) is 9.29 Å². The van der Waals surface area contributed by atoms with E-state index in [9.17, 15) is 12.8 Å². The third kappa shape index (κ3) is 3.09. The monoisotopic (exact) mass is 343 g/mol. The number of nitrogens with zero attached hydrogens (tertiary/aromatic N) is 3. The second kappa shape index (κ2) is 5.75. The van der Waals surface area contributed by atoms with Gasteiger partial charge in [-0.05, 0) is 31.0 Å². The molecule has 0 saturated carbocycles. The lowest BCUT2D eigenvalue weighted by Crippen LogP contribution is -2.48. The molecule has 1 fully saturated rings. The molecule has 5 nitrogen and oxygen atoms in total. The maximum atomic E-state index is 13.3. The zero-order valence-corrected chi connectivity index (χ0v) is 14.1. The van der Waals surface area contributed by atoms with Crippen molar-refractivity contribution in [3.63, 3.8) is 0 Å². The van der Waals surface area contributed by atoms with Crippen LogP contribution in [0.5, 0.6) is 0 Å². The maximum absolute atomic E-state index is 13.3. The van der Waals surface area contributed by atoms with Gasteiger partial charge in [-0.3, -0.25) is 0 Å². The molecule has 2 aromatic rings. The molecule has 1 unspecified atom stereocenters. The Labute approximate surface area is 133 Å². The van der Waals surface area contributed by atoms with E-state index >= 15 is 0 Å². The van der Waals surface area contributed by atoms with E-state index in [-0.39, 0.29) is 11.9 Å². The van der Waals surface area contributed by atoms with Crippen LogP contribution in [0.1, 0.15) is 12.8 Å². The van der Waals surface area contributed by atoms with Crippen LogP contribution in [0.25, 0.3) is 10.2 Å². The second-order valence-electron chi connectivity index (χ2n) is 5.63. The van der Waals surface area contributed by atoms with Crippen molar-refractivity contribution in [2.45, 2.75) is 18.9 Å². The summed E-state index contributed by atoms with van der Waals surface area (Å²) < 4.78 is 38.9. The lowest BCUT2D eigenvalue weighted by atomic mass is 10.1. The smallest absolute Gasteiger partial charge is 0.211 e. The summed E-state index contributed by atoms with van der Waals surface area (Å²) in [4.78, 5) is 6.64. The summed E-state index contributed by atoms with van der Waals surface area (Å²) in [6.07, 6.45) is 2.99. The number of sulfonamides is 1. The van der Waals surface area contributed by atoms with Crippen LogP contribution >= 0.6 is 11.3 Å². The Hall–Kier alpha value is -1.25. The van der Waals surface area contributed by atoms with E-state index < -0.39 is 10.0 Å². The Bertz CT molecular complexity index is 790. The van der Waals surface area contributed by atoms with Gasteiger partial charge in [0.25, 0.3) is 0 Å². The van der Waals surface area contributed by atoms with Crippen LogP contribution in [0.3, 0.4) is 0 Å². The third-order valence-electron chi connectivity index (χ3n) is 4.04. The second-order valence-corrected chi connectivity index (χ2v) is 8.68. The van der Waals surface area contributed by atoms with Crippen LogP contribution in [-0.4, -0.2) is 50.1 Å². The highest BCUT2D eigenvalue weighted by molar-refractivity contribution is 7.88. The van der Waals surface area contributed by atoms with E-state index in [2.05, 4.69) is 9.88 Å². The first-order valence-corrected chi connectivity index (χ1v) is 9.75. The van der Waals surface area contributed by atoms with E-state index in [1.165, 1.54) is 34.0 Å². The number of hydrogen-bond acceptors (Lipinski definition) is 5. The Kier molecular flexibility index (Phi) is 4.09. The van der Waals surface area contributed by atoms with Gasteiger partial charge < -0.3 is 4.90 Å². The molecule has 8 heteroatoms. The molecule has 120 valence electrons. The highest BCUT2D eigenvalue weighted by atomic mass is 32.2. The molecule has 1 aromatic heterocycles. The van der Waals surface area contributed by atoms with Crippen molar-refractivity contribution in [3.8, 4) is 0 Å². The highest BCUT2D eigenvalue weighted by Gasteiger charge is 2.29. The number of aromatic nitrogens is 1. The van der Waals surface area contributed by atoms with Gasteiger partial charge in [-0.1, -0.05) is 11.3 Å². The summed E-state index contributed by atoms with van der Waals surface area (Å²) in [5.74, 6) is -0.268. The van der Waals surface area contributed by atoms with Crippen molar-refractivity contribution in [3.05, 3.63) is 24.0 Å².